The standard InChI is InChI=1S/C22H16FN5O2/c23-18-14-8-7-13-17(18)21(29)25-26-22(30)19-24-20(15-9-3-1-4-10-15)28(27-19)16-11-5-2-6-12-16/h1-14H,(H,25,29)(H,26,30). The largest absolute Gasteiger partial charge is 0.309 e. The van der Waals surface area contributed by atoms with Crippen LogP contribution in [0.3, 0.4) is 0 Å². The molecule has 7 nitrogen and oxygen atoms in total. The molecule has 0 bridgehead atoms. The van der Waals surface area contributed by atoms with Crippen molar-refractivity contribution in [1.29, 1.82) is 0 Å². The summed E-state index contributed by atoms with van der Waals surface area (Å²) in [5.74, 6) is -1.89. The molecular formula is C22H16FN5O2. The third-order valence-corrected chi connectivity index (χ3v) is 4.25. The molecule has 0 fully saturated rings. The zero-order valence-corrected chi connectivity index (χ0v) is 15.6. The van der Waals surface area contributed by atoms with Gasteiger partial charge in [0.15, 0.2) is 5.82 Å². The van der Waals surface area contributed by atoms with Crippen LogP contribution < -0.4 is 10.9 Å². The van der Waals surface area contributed by atoms with Gasteiger partial charge in [0.2, 0.25) is 5.82 Å². The van der Waals surface area contributed by atoms with Crippen LogP contribution in [-0.4, -0.2) is 26.6 Å². The van der Waals surface area contributed by atoms with Gasteiger partial charge < -0.3 is 0 Å². The average Bonchev–Trinajstić information content (AvgIpc) is 3.24. The lowest BCUT2D eigenvalue weighted by atomic mass is 10.2. The van der Waals surface area contributed by atoms with E-state index in [1.807, 2.05) is 60.7 Å². The molecule has 0 spiro atoms. The number of aromatic nitrogens is 3. The van der Waals surface area contributed by atoms with Crippen LogP contribution in [0.2, 0.25) is 0 Å². The van der Waals surface area contributed by atoms with Gasteiger partial charge in [0.05, 0.1) is 11.3 Å². The number of carbonyl (C=O) groups is 2. The minimum atomic E-state index is -0.785. The van der Waals surface area contributed by atoms with Crippen molar-refractivity contribution in [3.8, 4) is 17.1 Å². The predicted octanol–water partition coefficient (Wildman–Crippen LogP) is 3.15. The molecule has 0 unspecified atom stereocenters. The number of halogens is 1. The molecule has 3 aromatic carbocycles. The molecule has 2 N–H and O–H groups in total. The van der Waals surface area contributed by atoms with Gasteiger partial charge in [0.25, 0.3) is 5.91 Å². The van der Waals surface area contributed by atoms with Crippen LogP contribution in [0.4, 0.5) is 4.39 Å². The number of nitrogens with one attached hydrogen (secondary N) is 2. The summed E-state index contributed by atoms with van der Waals surface area (Å²) in [6.45, 7) is 0. The minimum absolute atomic E-state index is 0.147. The third-order valence-electron chi connectivity index (χ3n) is 4.25. The van der Waals surface area contributed by atoms with Crippen LogP contribution in [-0.2, 0) is 0 Å². The first-order valence-corrected chi connectivity index (χ1v) is 9.06. The molecule has 0 aliphatic heterocycles. The number of carbonyl (C=O) groups excluding carboxylic acids is 2. The van der Waals surface area contributed by atoms with Crippen molar-refractivity contribution in [1.82, 2.24) is 25.6 Å². The Kier molecular flexibility index (Phi) is 5.29. The Hall–Kier alpha value is -4.33. The normalized spacial score (nSPS) is 10.4. The summed E-state index contributed by atoms with van der Waals surface area (Å²) in [6, 6.07) is 24.0. The minimum Gasteiger partial charge on any atom is -0.267 e. The van der Waals surface area contributed by atoms with Crippen molar-refractivity contribution in [3.63, 3.8) is 0 Å². The first-order valence-electron chi connectivity index (χ1n) is 9.06. The third kappa shape index (κ3) is 3.93. The molecule has 1 aromatic heterocycles. The summed E-state index contributed by atoms with van der Waals surface area (Å²) in [7, 11) is 0. The number of para-hydroxylation sites is 1. The Morgan fingerprint density at radius 1 is 0.767 bits per heavy atom. The summed E-state index contributed by atoms with van der Waals surface area (Å²) in [5, 5.41) is 4.29. The van der Waals surface area contributed by atoms with E-state index in [9.17, 15) is 14.0 Å². The van der Waals surface area contributed by atoms with Crippen LogP contribution >= 0.6 is 0 Å². The molecule has 4 aromatic rings. The lowest BCUT2D eigenvalue weighted by Gasteiger charge is -2.06. The quantitative estimate of drug-likeness (QED) is 0.514. The van der Waals surface area contributed by atoms with E-state index in [4.69, 9.17) is 0 Å². The lowest BCUT2D eigenvalue weighted by Crippen LogP contribution is -2.42. The maximum Gasteiger partial charge on any atom is 0.309 e. The van der Waals surface area contributed by atoms with Gasteiger partial charge >= 0.3 is 5.91 Å². The molecule has 30 heavy (non-hydrogen) atoms. The first kappa shape index (κ1) is 19.0. The summed E-state index contributed by atoms with van der Waals surface area (Å²) in [6.07, 6.45) is 0. The smallest absolute Gasteiger partial charge is 0.267 e. The van der Waals surface area contributed by atoms with Gasteiger partial charge in [0, 0.05) is 5.56 Å². The maximum absolute atomic E-state index is 13.7. The zero-order valence-electron chi connectivity index (χ0n) is 15.6. The van der Waals surface area contributed by atoms with E-state index in [1.165, 1.54) is 18.2 Å². The molecule has 4 rings (SSSR count). The van der Waals surface area contributed by atoms with Crippen LogP contribution in [0.25, 0.3) is 17.1 Å². The van der Waals surface area contributed by atoms with E-state index in [0.29, 0.717) is 5.82 Å². The van der Waals surface area contributed by atoms with E-state index in [1.54, 1.807) is 4.68 Å². The number of hydrogen-bond donors (Lipinski definition) is 2. The molecule has 0 atom stereocenters. The second kappa shape index (κ2) is 8.36. The highest BCUT2D eigenvalue weighted by Gasteiger charge is 2.20. The highest BCUT2D eigenvalue weighted by atomic mass is 19.1. The van der Waals surface area contributed by atoms with E-state index in [0.717, 1.165) is 17.3 Å². The van der Waals surface area contributed by atoms with Gasteiger partial charge in [-0.2, -0.15) is 0 Å². The monoisotopic (exact) mass is 401 g/mol. The zero-order chi connectivity index (χ0) is 20.9. The van der Waals surface area contributed by atoms with Gasteiger partial charge in [-0.25, -0.2) is 14.1 Å². The summed E-state index contributed by atoms with van der Waals surface area (Å²) in [4.78, 5) is 29.0. The number of nitrogens with zero attached hydrogens (tertiary/aromatic N) is 3. The van der Waals surface area contributed by atoms with E-state index < -0.39 is 17.6 Å². The first-order chi connectivity index (χ1) is 14.6. The number of rotatable bonds is 4. The van der Waals surface area contributed by atoms with E-state index in [-0.39, 0.29) is 11.4 Å². The van der Waals surface area contributed by atoms with Crippen molar-refractivity contribution in [2.75, 3.05) is 0 Å². The van der Waals surface area contributed by atoms with Gasteiger partial charge in [-0.1, -0.05) is 60.7 Å². The molecule has 0 aliphatic carbocycles. The van der Waals surface area contributed by atoms with Crippen LogP contribution in [0, 0.1) is 5.82 Å². The second-order valence-corrected chi connectivity index (χ2v) is 6.26. The van der Waals surface area contributed by atoms with E-state index in [2.05, 4.69) is 20.9 Å². The van der Waals surface area contributed by atoms with Gasteiger partial charge in [-0.05, 0) is 24.3 Å². The predicted molar refractivity (Wildman–Crippen MR) is 108 cm³/mol. The Balaban J connectivity index is 1.60. The number of hydrazine groups is 1. The van der Waals surface area contributed by atoms with Crippen molar-refractivity contribution in [2.24, 2.45) is 0 Å². The summed E-state index contributed by atoms with van der Waals surface area (Å²) in [5.41, 5.74) is 5.70. The number of amides is 2. The fraction of sp³-hybridized carbons (Fsp3) is 0. The average molecular weight is 401 g/mol. The van der Waals surface area contributed by atoms with Crippen molar-refractivity contribution < 1.29 is 14.0 Å². The second-order valence-electron chi connectivity index (χ2n) is 6.26. The van der Waals surface area contributed by atoms with Gasteiger partial charge in [-0.15, -0.1) is 5.10 Å². The lowest BCUT2D eigenvalue weighted by molar-refractivity contribution is 0.0838. The van der Waals surface area contributed by atoms with Crippen LogP contribution in [0.5, 0.6) is 0 Å². The summed E-state index contributed by atoms with van der Waals surface area (Å²) >= 11 is 0. The Morgan fingerprint density at radius 2 is 1.37 bits per heavy atom. The Labute approximate surface area is 171 Å². The van der Waals surface area contributed by atoms with Crippen LogP contribution in [0.1, 0.15) is 21.0 Å². The Morgan fingerprint density at radius 3 is 2.07 bits per heavy atom. The van der Waals surface area contributed by atoms with Gasteiger partial charge in [0.1, 0.15) is 5.82 Å². The van der Waals surface area contributed by atoms with Gasteiger partial charge in [-0.3, -0.25) is 20.4 Å². The molecule has 0 saturated heterocycles. The highest BCUT2D eigenvalue weighted by molar-refractivity contribution is 5.97. The fourth-order valence-corrected chi connectivity index (χ4v) is 2.81. The molecule has 2 amide bonds. The molecule has 0 radical (unpaired) electrons. The molecule has 1 heterocycles. The molecular weight excluding hydrogens is 385 g/mol. The number of benzene rings is 3. The fourth-order valence-electron chi connectivity index (χ4n) is 2.81. The van der Waals surface area contributed by atoms with E-state index >= 15 is 0 Å². The SMILES string of the molecule is O=C(NNC(=O)c1ccccc1F)c1nc(-c2ccccc2)n(-c2ccccc2)n1. The van der Waals surface area contributed by atoms with Crippen molar-refractivity contribution in [2.45, 2.75) is 0 Å². The highest BCUT2D eigenvalue weighted by Crippen LogP contribution is 2.20. The molecule has 0 saturated carbocycles. The maximum atomic E-state index is 13.7. The van der Waals surface area contributed by atoms with Crippen LogP contribution in [0.15, 0.2) is 84.9 Å². The number of hydrogen-bond acceptors (Lipinski definition) is 4. The topological polar surface area (TPSA) is 88.9 Å². The van der Waals surface area contributed by atoms with Crippen molar-refractivity contribution in [3.05, 3.63) is 102 Å². The molecule has 8 heteroatoms. The summed E-state index contributed by atoms with van der Waals surface area (Å²) < 4.78 is 15.3. The molecule has 148 valence electrons. The Bertz CT molecular complexity index is 1140. The van der Waals surface area contributed by atoms with Crippen molar-refractivity contribution >= 4 is 11.8 Å². The molecule has 0 aliphatic rings.